The molecule has 116 valence electrons. The minimum absolute atomic E-state index is 0.205. The number of hydrogen-bond acceptors (Lipinski definition) is 5. The lowest BCUT2D eigenvalue weighted by molar-refractivity contribution is 0.150. The first-order valence-electron chi connectivity index (χ1n) is 6.50. The molecule has 7 heteroatoms. The van der Waals surface area contributed by atoms with E-state index in [9.17, 15) is 8.42 Å². The molecule has 0 amide bonds. The van der Waals surface area contributed by atoms with Crippen LogP contribution in [0.15, 0.2) is 29.2 Å². The molecule has 0 heterocycles. The molecule has 0 saturated heterocycles. The highest BCUT2D eigenvalue weighted by atomic mass is 32.2. The predicted octanol–water partition coefficient (Wildman–Crippen LogP) is 1.04. The fourth-order valence-corrected chi connectivity index (χ4v) is 3.17. The van der Waals surface area contributed by atoms with Crippen LogP contribution in [0.5, 0.6) is 0 Å². The van der Waals surface area contributed by atoms with E-state index in [0.29, 0.717) is 13.2 Å². The first kappa shape index (κ1) is 17.6. The predicted molar refractivity (Wildman–Crippen MR) is 78.3 cm³/mol. The van der Waals surface area contributed by atoms with Crippen molar-refractivity contribution in [1.29, 1.82) is 5.26 Å². The molecule has 0 aliphatic rings. The molecular weight excluding hydrogens is 292 g/mol. The first-order chi connectivity index (χ1) is 10.1. The van der Waals surface area contributed by atoms with Gasteiger partial charge >= 0.3 is 0 Å². The number of nitriles is 1. The molecule has 0 fully saturated rings. The lowest BCUT2D eigenvalue weighted by Crippen LogP contribution is -2.36. The van der Waals surface area contributed by atoms with Crippen molar-refractivity contribution < 1.29 is 17.9 Å². The van der Waals surface area contributed by atoms with Crippen LogP contribution in [0.25, 0.3) is 0 Å². The van der Waals surface area contributed by atoms with E-state index in [1.165, 1.54) is 30.7 Å². The van der Waals surface area contributed by atoms with Crippen LogP contribution in [0, 0.1) is 11.3 Å². The molecule has 1 rings (SSSR count). The van der Waals surface area contributed by atoms with E-state index in [1.807, 2.05) is 6.07 Å². The second-order valence-corrected chi connectivity index (χ2v) is 6.31. The SMILES string of the molecule is COCCN(CCOC)S(=O)(=O)c1ccc(CC#N)cc1. The minimum Gasteiger partial charge on any atom is -0.383 e. The summed E-state index contributed by atoms with van der Waals surface area (Å²) in [7, 11) is -0.536. The van der Waals surface area contributed by atoms with E-state index in [4.69, 9.17) is 14.7 Å². The Balaban J connectivity index is 2.95. The van der Waals surface area contributed by atoms with Crippen molar-refractivity contribution in [3.8, 4) is 6.07 Å². The Hall–Kier alpha value is -1.46. The topological polar surface area (TPSA) is 79.6 Å². The van der Waals surface area contributed by atoms with E-state index in [1.54, 1.807) is 12.1 Å². The molecule has 0 saturated carbocycles. The van der Waals surface area contributed by atoms with Gasteiger partial charge in [-0.2, -0.15) is 9.57 Å². The number of benzene rings is 1. The van der Waals surface area contributed by atoms with Crippen LogP contribution < -0.4 is 0 Å². The lowest BCUT2D eigenvalue weighted by Gasteiger charge is -2.21. The van der Waals surface area contributed by atoms with Crippen LogP contribution in [0.4, 0.5) is 0 Å². The highest BCUT2D eigenvalue weighted by Crippen LogP contribution is 2.16. The molecular formula is C14H20N2O4S. The Morgan fingerprint density at radius 3 is 2.05 bits per heavy atom. The van der Waals surface area contributed by atoms with Crippen molar-refractivity contribution in [3.05, 3.63) is 29.8 Å². The van der Waals surface area contributed by atoms with Gasteiger partial charge in [0.05, 0.1) is 30.6 Å². The van der Waals surface area contributed by atoms with Gasteiger partial charge in [0, 0.05) is 27.3 Å². The largest absolute Gasteiger partial charge is 0.383 e. The van der Waals surface area contributed by atoms with E-state index in [-0.39, 0.29) is 24.4 Å². The van der Waals surface area contributed by atoms with E-state index >= 15 is 0 Å². The molecule has 21 heavy (non-hydrogen) atoms. The van der Waals surface area contributed by atoms with Gasteiger partial charge in [-0.3, -0.25) is 0 Å². The van der Waals surface area contributed by atoms with Gasteiger partial charge in [-0.15, -0.1) is 0 Å². The summed E-state index contributed by atoms with van der Waals surface area (Å²) in [5, 5.41) is 8.63. The third-order valence-corrected chi connectivity index (χ3v) is 4.85. The maximum Gasteiger partial charge on any atom is 0.243 e. The molecule has 0 aliphatic heterocycles. The van der Waals surface area contributed by atoms with Gasteiger partial charge < -0.3 is 9.47 Å². The first-order valence-corrected chi connectivity index (χ1v) is 7.94. The Labute approximate surface area is 125 Å². The van der Waals surface area contributed by atoms with Crippen molar-refractivity contribution >= 4 is 10.0 Å². The van der Waals surface area contributed by atoms with E-state index < -0.39 is 10.0 Å². The average Bonchev–Trinajstić information content (AvgIpc) is 2.48. The van der Waals surface area contributed by atoms with E-state index in [2.05, 4.69) is 0 Å². The fraction of sp³-hybridized carbons (Fsp3) is 0.500. The van der Waals surface area contributed by atoms with Crippen molar-refractivity contribution in [1.82, 2.24) is 4.31 Å². The molecule has 0 aromatic heterocycles. The summed E-state index contributed by atoms with van der Waals surface area (Å²) < 4.78 is 36.4. The molecule has 0 radical (unpaired) electrons. The third kappa shape index (κ3) is 5.10. The van der Waals surface area contributed by atoms with Gasteiger partial charge in [0.2, 0.25) is 10.0 Å². The number of ether oxygens (including phenoxy) is 2. The Bertz CT molecular complexity index is 556. The molecule has 1 aromatic carbocycles. The quantitative estimate of drug-likeness (QED) is 0.680. The van der Waals surface area contributed by atoms with Gasteiger partial charge in [-0.25, -0.2) is 8.42 Å². The van der Waals surface area contributed by atoms with Gasteiger partial charge in [0.15, 0.2) is 0 Å². The zero-order valence-electron chi connectivity index (χ0n) is 12.3. The zero-order chi connectivity index (χ0) is 15.7. The minimum atomic E-state index is -3.59. The lowest BCUT2D eigenvalue weighted by atomic mass is 10.2. The Kier molecular flexibility index (Phi) is 7.32. The maximum absolute atomic E-state index is 12.6. The maximum atomic E-state index is 12.6. The number of methoxy groups -OCH3 is 2. The summed E-state index contributed by atoms with van der Waals surface area (Å²) in [6.45, 7) is 1.16. The summed E-state index contributed by atoms with van der Waals surface area (Å²) in [4.78, 5) is 0.205. The van der Waals surface area contributed by atoms with Gasteiger partial charge in [-0.05, 0) is 17.7 Å². The summed E-state index contributed by atoms with van der Waals surface area (Å²) in [5.74, 6) is 0. The van der Waals surface area contributed by atoms with Gasteiger partial charge in [0.25, 0.3) is 0 Å². The van der Waals surface area contributed by atoms with Crippen molar-refractivity contribution in [2.24, 2.45) is 0 Å². The smallest absolute Gasteiger partial charge is 0.243 e. The van der Waals surface area contributed by atoms with Gasteiger partial charge in [-0.1, -0.05) is 12.1 Å². The highest BCUT2D eigenvalue weighted by Gasteiger charge is 2.23. The number of sulfonamides is 1. The normalized spacial score (nSPS) is 11.5. The van der Waals surface area contributed by atoms with Crippen molar-refractivity contribution in [2.45, 2.75) is 11.3 Å². The summed E-state index contributed by atoms with van der Waals surface area (Å²) >= 11 is 0. The standard InChI is InChI=1S/C14H20N2O4S/c1-19-11-9-16(10-12-20-2)21(17,18)14-5-3-13(4-6-14)7-8-15/h3-6H,7,9-12H2,1-2H3. The molecule has 0 atom stereocenters. The summed E-state index contributed by atoms with van der Waals surface area (Å²) in [6.07, 6.45) is 0.261. The van der Waals surface area contributed by atoms with Crippen molar-refractivity contribution in [2.75, 3.05) is 40.5 Å². The number of rotatable bonds is 9. The molecule has 0 spiro atoms. The third-order valence-electron chi connectivity index (χ3n) is 2.93. The van der Waals surface area contributed by atoms with E-state index in [0.717, 1.165) is 5.56 Å². The molecule has 1 aromatic rings. The fourth-order valence-electron chi connectivity index (χ4n) is 1.76. The molecule has 6 nitrogen and oxygen atoms in total. The number of hydrogen-bond donors (Lipinski definition) is 0. The van der Waals surface area contributed by atoms with Crippen LogP contribution in [-0.4, -0.2) is 53.2 Å². The van der Waals surface area contributed by atoms with Crippen LogP contribution in [0.3, 0.4) is 0 Å². The summed E-state index contributed by atoms with van der Waals surface area (Å²) in [6, 6.07) is 8.38. The molecule has 0 bridgehead atoms. The monoisotopic (exact) mass is 312 g/mol. The van der Waals surface area contributed by atoms with Crippen LogP contribution >= 0.6 is 0 Å². The van der Waals surface area contributed by atoms with Crippen LogP contribution in [-0.2, 0) is 25.9 Å². The Morgan fingerprint density at radius 2 is 1.62 bits per heavy atom. The Morgan fingerprint density at radius 1 is 1.10 bits per heavy atom. The average molecular weight is 312 g/mol. The zero-order valence-corrected chi connectivity index (χ0v) is 13.1. The highest BCUT2D eigenvalue weighted by molar-refractivity contribution is 7.89. The van der Waals surface area contributed by atoms with Crippen LogP contribution in [0.1, 0.15) is 5.56 Å². The van der Waals surface area contributed by atoms with Crippen LogP contribution in [0.2, 0.25) is 0 Å². The van der Waals surface area contributed by atoms with Crippen molar-refractivity contribution in [3.63, 3.8) is 0 Å². The number of nitrogens with zero attached hydrogens (tertiary/aromatic N) is 2. The molecule has 0 aliphatic carbocycles. The second-order valence-electron chi connectivity index (χ2n) is 4.37. The summed E-state index contributed by atoms with van der Waals surface area (Å²) in [5.41, 5.74) is 0.789. The second kappa shape index (κ2) is 8.74. The molecule has 0 N–H and O–H groups in total. The van der Waals surface area contributed by atoms with Gasteiger partial charge in [0.1, 0.15) is 0 Å². The molecule has 0 unspecified atom stereocenters.